The number of para-hydroxylation sites is 1. The molecule has 4 rings (SSSR count). The molecule has 6 nitrogen and oxygen atoms in total. The SMILES string of the molecule is NC(=O)c1cnc(NC(=O)[C@@H]2C[C@]23CCOc2ccccc23)s1. The van der Waals surface area contributed by atoms with Gasteiger partial charge >= 0.3 is 0 Å². The maximum Gasteiger partial charge on any atom is 0.260 e. The number of nitrogens with one attached hydrogen (secondary N) is 1. The van der Waals surface area contributed by atoms with E-state index in [1.165, 1.54) is 6.20 Å². The number of hydrogen-bond donors (Lipinski definition) is 2. The summed E-state index contributed by atoms with van der Waals surface area (Å²) in [5, 5.41) is 3.21. The molecule has 1 spiro atoms. The number of amides is 2. The molecule has 0 radical (unpaired) electrons. The Bertz CT molecular complexity index is 803. The van der Waals surface area contributed by atoms with Gasteiger partial charge in [0.15, 0.2) is 5.13 Å². The molecule has 1 aliphatic heterocycles. The third-order valence-corrected chi connectivity index (χ3v) is 5.53. The fraction of sp³-hybridized carbons (Fsp3) is 0.312. The van der Waals surface area contributed by atoms with Gasteiger partial charge in [0.2, 0.25) is 5.91 Å². The zero-order valence-electron chi connectivity index (χ0n) is 12.2. The first-order chi connectivity index (χ1) is 11.1. The molecule has 2 atom stereocenters. The first-order valence-electron chi connectivity index (χ1n) is 7.39. The lowest BCUT2D eigenvalue weighted by molar-refractivity contribution is -0.117. The zero-order chi connectivity index (χ0) is 16.0. The largest absolute Gasteiger partial charge is 0.493 e. The molecule has 1 saturated carbocycles. The maximum atomic E-state index is 12.5. The second-order valence-electron chi connectivity index (χ2n) is 5.89. The van der Waals surface area contributed by atoms with Crippen molar-refractivity contribution in [3.8, 4) is 5.75 Å². The number of carbonyl (C=O) groups is 2. The van der Waals surface area contributed by atoms with E-state index in [2.05, 4.69) is 10.3 Å². The number of nitrogens with zero attached hydrogens (tertiary/aromatic N) is 1. The van der Waals surface area contributed by atoms with E-state index in [0.29, 0.717) is 16.6 Å². The number of carbonyl (C=O) groups excluding carboxylic acids is 2. The van der Waals surface area contributed by atoms with E-state index in [0.717, 1.165) is 35.5 Å². The summed E-state index contributed by atoms with van der Waals surface area (Å²) in [6.07, 6.45) is 3.04. The summed E-state index contributed by atoms with van der Waals surface area (Å²) in [6.45, 7) is 0.629. The van der Waals surface area contributed by atoms with E-state index in [1.54, 1.807) is 0 Å². The number of rotatable bonds is 3. The Labute approximate surface area is 136 Å². The summed E-state index contributed by atoms with van der Waals surface area (Å²) in [6, 6.07) is 7.90. The lowest BCUT2D eigenvalue weighted by Gasteiger charge is -2.26. The molecule has 2 heterocycles. The lowest BCUT2D eigenvalue weighted by atomic mass is 9.87. The molecule has 0 saturated heterocycles. The van der Waals surface area contributed by atoms with Gasteiger partial charge in [0.1, 0.15) is 10.6 Å². The van der Waals surface area contributed by atoms with Crippen LogP contribution < -0.4 is 15.8 Å². The highest BCUT2D eigenvalue weighted by Crippen LogP contribution is 2.60. The standard InChI is InChI=1S/C16H15N3O3S/c17-13(20)12-8-18-15(23-12)19-14(21)10-7-16(10)5-6-22-11-4-2-1-3-9(11)16/h1-4,8,10H,5-7H2,(H2,17,20)(H,18,19,21)/t10-,16-/m0/s1. The van der Waals surface area contributed by atoms with Gasteiger partial charge in [-0.25, -0.2) is 4.98 Å². The van der Waals surface area contributed by atoms with E-state index < -0.39 is 5.91 Å². The van der Waals surface area contributed by atoms with Crippen molar-refractivity contribution in [1.82, 2.24) is 4.98 Å². The number of primary amides is 1. The first kappa shape index (κ1) is 14.2. The Kier molecular flexibility index (Phi) is 3.12. The Morgan fingerprint density at radius 1 is 1.39 bits per heavy atom. The number of ether oxygens (including phenoxy) is 1. The van der Waals surface area contributed by atoms with Gasteiger partial charge in [0, 0.05) is 16.9 Å². The van der Waals surface area contributed by atoms with Crippen molar-refractivity contribution in [2.75, 3.05) is 11.9 Å². The van der Waals surface area contributed by atoms with E-state index in [4.69, 9.17) is 10.5 Å². The zero-order valence-corrected chi connectivity index (χ0v) is 13.1. The maximum absolute atomic E-state index is 12.5. The summed E-state index contributed by atoms with van der Waals surface area (Å²) in [5.74, 6) is 0.184. The van der Waals surface area contributed by atoms with Gasteiger partial charge in [0.05, 0.1) is 12.8 Å². The highest BCUT2D eigenvalue weighted by atomic mass is 32.1. The van der Waals surface area contributed by atoms with Crippen LogP contribution in [0.4, 0.5) is 5.13 Å². The third-order valence-electron chi connectivity index (χ3n) is 4.60. The van der Waals surface area contributed by atoms with Gasteiger partial charge < -0.3 is 15.8 Å². The lowest BCUT2D eigenvalue weighted by Crippen LogP contribution is -2.26. The molecule has 2 aromatic rings. The molecule has 1 fully saturated rings. The van der Waals surface area contributed by atoms with Crippen molar-refractivity contribution in [3.05, 3.63) is 40.9 Å². The minimum atomic E-state index is -0.538. The molecular formula is C16H15N3O3S. The molecule has 3 N–H and O–H groups in total. The Balaban J connectivity index is 1.52. The van der Waals surface area contributed by atoms with Crippen LogP contribution in [0, 0.1) is 5.92 Å². The minimum absolute atomic E-state index is 0.0629. The van der Waals surface area contributed by atoms with Gasteiger partial charge in [-0.2, -0.15) is 0 Å². The molecule has 1 aliphatic carbocycles. The van der Waals surface area contributed by atoms with Crippen LogP contribution in [0.2, 0.25) is 0 Å². The van der Waals surface area contributed by atoms with Crippen molar-refractivity contribution in [3.63, 3.8) is 0 Å². The van der Waals surface area contributed by atoms with Crippen LogP contribution in [0.25, 0.3) is 0 Å². The molecule has 0 bridgehead atoms. The predicted molar refractivity (Wildman–Crippen MR) is 85.6 cm³/mol. The van der Waals surface area contributed by atoms with Crippen molar-refractivity contribution in [1.29, 1.82) is 0 Å². The number of fused-ring (bicyclic) bond motifs is 2. The highest BCUT2D eigenvalue weighted by Gasteiger charge is 2.61. The number of benzene rings is 1. The van der Waals surface area contributed by atoms with Crippen LogP contribution in [0.15, 0.2) is 30.5 Å². The minimum Gasteiger partial charge on any atom is -0.493 e. The van der Waals surface area contributed by atoms with Gasteiger partial charge in [-0.15, -0.1) is 0 Å². The molecule has 23 heavy (non-hydrogen) atoms. The molecule has 2 aliphatic rings. The molecule has 1 aromatic heterocycles. The Morgan fingerprint density at radius 2 is 2.22 bits per heavy atom. The molecule has 7 heteroatoms. The van der Waals surface area contributed by atoms with Crippen LogP contribution in [0.1, 0.15) is 28.1 Å². The van der Waals surface area contributed by atoms with Crippen LogP contribution in [-0.2, 0) is 10.2 Å². The fourth-order valence-corrected chi connectivity index (χ4v) is 4.01. The average molecular weight is 329 g/mol. The van der Waals surface area contributed by atoms with Crippen molar-refractivity contribution >= 4 is 28.3 Å². The van der Waals surface area contributed by atoms with Crippen LogP contribution in [-0.4, -0.2) is 23.4 Å². The van der Waals surface area contributed by atoms with Crippen molar-refractivity contribution in [2.45, 2.75) is 18.3 Å². The van der Waals surface area contributed by atoms with Crippen LogP contribution in [0.3, 0.4) is 0 Å². The molecular weight excluding hydrogens is 314 g/mol. The molecule has 1 aromatic carbocycles. The average Bonchev–Trinajstić information content (AvgIpc) is 3.06. The summed E-state index contributed by atoms with van der Waals surface area (Å²) >= 11 is 1.09. The monoisotopic (exact) mass is 329 g/mol. The van der Waals surface area contributed by atoms with Crippen molar-refractivity contribution < 1.29 is 14.3 Å². The number of hydrogen-bond acceptors (Lipinski definition) is 5. The second-order valence-corrected chi connectivity index (χ2v) is 6.92. The number of aromatic nitrogens is 1. The van der Waals surface area contributed by atoms with E-state index in [1.807, 2.05) is 24.3 Å². The van der Waals surface area contributed by atoms with Crippen LogP contribution in [0.5, 0.6) is 5.75 Å². The molecule has 118 valence electrons. The van der Waals surface area contributed by atoms with E-state index in [9.17, 15) is 9.59 Å². The van der Waals surface area contributed by atoms with Gasteiger partial charge in [-0.3, -0.25) is 9.59 Å². The Morgan fingerprint density at radius 3 is 3.00 bits per heavy atom. The molecule has 2 amide bonds. The second kappa shape index (κ2) is 5.06. The summed E-state index contributed by atoms with van der Waals surface area (Å²) in [4.78, 5) is 28.0. The van der Waals surface area contributed by atoms with Gasteiger partial charge in [0.25, 0.3) is 5.91 Å². The smallest absolute Gasteiger partial charge is 0.260 e. The summed E-state index contributed by atoms with van der Waals surface area (Å²) in [5.41, 5.74) is 6.19. The Hall–Kier alpha value is -2.41. The van der Waals surface area contributed by atoms with Crippen molar-refractivity contribution in [2.24, 2.45) is 11.7 Å². The third kappa shape index (κ3) is 2.28. The number of thiazole rings is 1. The van der Waals surface area contributed by atoms with Gasteiger partial charge in [-0.05, 0) is 18.9 Å². The topological polar surface area (TPSA) is 94.3 Å². The van der Waals surface area contributed by atoms with Gasteiger partial charge in [-0.1, -0.05) is 29.5 Å². The predicted octanol–water partition coefficient (Wildman–Crippen LogP) is 1.92. The number of nitrogens with two attached hydrogens (primary N) is 1. The fourth-order valence-electron chi connectivity index (χ4n) is 3.34. The summed E-state index contributed by atoms with van der Waals surface area (Å²) < 4.78 is 5.68. The van der Waals surface area contributed by atoms with Crippen LogP contribution >= 0.6 is 11.3 Å². The first-order valence-corrected chi connectivity index (χ1v) is 8.21. The quantitative estimate of drug-likeness (QED) is 0.899. The normalized spacial score (nSPS) is 24.6. The van der Waals surface area contributed by atoms with E-state index in [-0.39, 0.29) is 17.2 Å². The highest BCUT2D eigenvalue weighted by molar-refractivity contribution is 7.17. The number of anilines is 1. The summed E-state index contributed by atoms with van der Waals surface area (Å²) in [7, 11) is 0. The van der Waals surface area contributed by atoms with E-state index >= 15 is 0 Å². The molecule has 0 unspecified atom stereocenters.